The maximum atomic E-state index is 12.5. The predicted octanol–water partition coefficient (Wildman–Crippen LogP) is 5.60. The number of ether oxygens (including phenoxy) is 1. The fraction of sp³-hybridized carbons (Fsp3) is 0.200. The van der Waals surface area contributed by atoms with Gasteiger partial charge in [-0.2, -0.15) is 0 Å². The molecule has 5 nitrogen and oxygen atoms in total. The van der Waals surface area contributed by atoms with Crippen LogP contribution in [0.15, 0.2) is 66.7 Å². The number of Topliss-reactive ketones (excluding diaryl/α,β-unsaturated/α-hetero) is 1. The van der Waals surface area contributed by atoms with Crippen molar-refractivity contribution in [3.8, 4) is 5.75 Å². The van der Waals surface area contributed by atoms with Crippen molar-refractivity contribution in [2.45, 2.75) is 25.7 Å². The Kier molecular flexibility index (Phi) is 5.80. The molecule has 0 spiro atoms. The van der Waals surface area contributed by atoms with Crippen molar-refractivity contribution >= 4 is 28.8 Å². The van der Waals surface area contributed by atoms with Gasteiger partial charge < -0.3 is 15.4 Å². The maximum Gasteiger partial charge on any atom is 0.255 e. The van der Waals surface area contributed by atoms with Gasteiger partial charge in [0.05, 0.1) is 7.11 Å². The van der Waals surface area contributed by atoms with Crippen LogP contribution in [0.3, 0.4) is 0 Å². The van der Waals surface area contributed by atoms with Gasteiger partial charge in [-0.1, -0.05) is 6.07 Å². The molecule has 0 fully saturated rings. The van der Waals surface area contributed by atoms with Crippen molar-refractivity contribution < 1.29 is 14.3 Å². The van der Waals surface area contributed by atoms with E-state index >= 15 is 0 Å². The van der Waals surface area contributed by atoms with Crippen LogP contribution < -0.4 is 15.4 Å². The van der Waals surface area contributed by atoms with Gasteiger partial charge in [-0.3, -0.25) is 9.59 Å². The van der Waals surface area contributed by atoms with Crippen molar-refractivity contribution in [1.29, 1.82) is 0 Å². The molecule has 0 radical (unpaired) electrons. The minimum absolute atomic E-state index is 0.182. The van der Waals surface area contributed by atoms with E-state index in [0.29, 0.717) is 23.4 Å². The number of rotatable bonds is 5. The third-order valence-corrected chi connectivity index (χ3v) is 5.27. The second-order valence-corrected chi connectivity index (χ2v) is 7.39. The summed E-state index contributed by atoms with van der Waals surface area (Å²) < 4.78 is 5.13. The van der Waals surface area contributed by atoms with Crippen LogP contribution >= 0.6 is 0 Å². The molecule has 1 aliphatic carbocycles. The van der Waals surface area contributed by atoms with Crippen LogP contribution in [0.5, 0.6) is 5.75 Å². The normalized spacial score (nSPS) is 13.2. The number of aryl methyl sites for hydroxylation is 1. The van der Waals surface area contributed by atoms with E-state index in [1.54, 1.807) is 31.4 Å². The first-order chi connectivity index (χ1) is 14.6. The van der Waals surface area contributed by atoms with Gasteiger partial charge in [0.2, 0.25) is 0 Å². The zero-order valence-corrected chi connectivity index (χ0v) is 16.9. The van der Waals surface area contributed by atoms with Gasteiger partial charge in [-0.25, -0.2) is 0 Å². The fourth-order valence-corrected chi connectivity index (χ4v) is 3.67. The Labute approximate surface area is 176 Å². The summed E-state index contributed by atoms with van der Waals surface area (Å²) in [5.41, 5.74) is 5.00. The largest absolute Gasteiger partial charge is 0.497 e. The van der Waals surface area contributed by atoms with E-state index in [0.717, 1.165) is 41.8 Å². The van der Waals surface area contributed by atoms with Crippen molar-refractivity contribution in [3.63, 3.8) is 0 Å². The van der Waals surface area contributed by atoms with Crippen LogP contribution in [-0.2, 0) is 6.42 Å². The Hall–Kier alpha value is -3.60. The second kappa shape index (κ2) is 8.82. The summed E-state index contributed by atoms with van der Waals surface area (Å²) in [5, 5.41) is 6.30. The second-order valence-electron chi connectivity index (χ2n) is 7.39. The van der Waals surface area contributed by atoms with Crippen LogP contribution in [-0.4, -0.2) is 18.8 Å². The van der Waals surface area contributed by atoms with E-state index in [1.165, 1.54) is 0 Å². The summed E-state index contributed by atoms with van der Waals surface area (Å²) in [6, 6.07) is 20.5. The van der Waals surface area contributed by atoms with Crippen LogP contribution in [0.1, 0.15) is 45.5 Å². The number of carbonyl (C=O) groups is 2. The first-order valence-electron chi connectivity index (χ1n) is 10.1. The summed E-state index contributed by atoms with van der Waals surface area (Å²) in [6.07, 6.45) is 3.55. The lowest BCUT2D eigenvalue weighted by Gasteiger charge is -2.12. The monoisotopic (exact) mass is 400 g/mol. The zero-order valence-electron chi connectivity index (χ0n) is 16.9. The summed E-state index contributed by atoms with van der Waals surface area (Å²) in [4.78, 5) is 24.7. The number of anilines is 3. The number of nitrogens with one attached hydrogen (secondary N) is 2. The summed E-state index contributed by atoms with van der Waals surface area (Å²) in [6.45, 7) is 0. The molecule has 0 saturated carbocycles. The highest BCUT2D eigenvalue weighted by atomic mass is 16.5. The number of fused-ring (bicyclic) bond motifs is 1. The molecule has 1 aliphatic rings. The average molecular weight is 400 g/mol. The first-order valence-corrected chi connectivity index (χ1v) is 10.1. The molecule has 0 atom stereocenters. The Morgan fingerprint density at radius 2 is 1.60 bits per heavy atom. The number of hydrogen-bond donors (Lipinski definition) is 2. The van der Waals surface area contributed by atoms with Crippen LogP contribution in [0.4, 0.5) is 17.1 Å². The molecule has 0 heterocycles. The quantitative estimate of drug-likeness (QED) is 0.547. The van der Waals surface area contributed by atoms with Crippen LogP contribution in [0.2, 0.25) is 0 Å². The molecular weight excluding hydrogens is 376 g/mol. The third-order valence-electron chi connectivity index (χ3n) is 5.27. The van der Waals surface area contributed by atoms with Gasteiger partial charge in [-0.15, -0.1) is 0 Å². The van der Waals surface area contributed by atoms with Crippen LogP contribution in [0.25, 0.3) is 0 Å². The molecule has 0 bridgehead atoms. The molecule has 0 unspecified atom stereocenters. The Bertz CT molecular complexity index is 1070. The summed E-state index contributed by atoms with van der Waals surface area (Å²) >= 11 is 0. The Morgan fingerprint density at radius 3 is 2.40 bits per heavy atom. The third kappa shape index (κ3) is 4.51. The molecule has 30 heavy (non-hydrogen) atoms. The number of benzene rings is 3. The highest BCUT2D eigenvalue weighted by Gasteiger charge is 2.15. The van der Waals surface area contributed by atoms with Gasteiger partial charge in [0.25, 0.3) is 5.91 Å². The molecule has 5 heteroatoms. The summed E-state index contributed by atoms with van der Waals surface area (Å²) in [7, 11) is 1.59. The van der Waals surface area contributed by atoms with E-state index in [9.17, 15) is 9.59 Å². The fourth-order valence-electron chi connectivity index (χ4n) is 3.67. The van der Waals surface area contributed by atoms with Crippen LogP contribution in [0, 0.1) is 0 Å². The molecular formula is C25H24N2O3. The summed E-state index contributed by atoms with van der Waals surface area (Å²) in [5.74, 6) is 0.760. The lowest BCUT2D eigenvalue weighted by Crippen LogP contribution is -2.11. The molecule has 2 N–H and O–H groups in total. The molecule has 152 valence electrons. The lowest BCUT2D eigenvalue weighted by molar-refractivity contribution is 0.0980. The standard InChI is InChI=1S/C25H24N2O3/c1-30-22-12-9-17(10-13-22)25(29)27-20-7-4-6-19(16-20)26-21-11-14-23-18(15-21)5-2-3-8-24(23)28/h4,6-7,9-16,26H,2-3,5,8H2,1H3,(H,27,29). The highest BCUT2D eigenvalue weighted by molar-refractivity contribution is 6.04. The Balaban J connectivity index is 1.47. The zero-order chi connectivity index (χ0) is 20.9. The van der Waals surface area contributed by atoms with Gasteiger partial charge in [0.1, 0.15) is 5.75 Å². The number of amides is 1. The highest BCUT2D eigenvalue weighted by Crippen LogP contribution is 2.26. The average Bonchev–Trinajstić information content (AvgIpc) is 2.95. The molecule has 4 rings (SSSR count). The van der Waals surface area contributed by atoms with Gasteiger partial charge in [0.15, 0.2) is 5.78 Å². The molecule has 0 aromatic heterocycles. The van der Waals surface area contributed by atoms with Gasteiger partial charge in [0, 0.05) is 34.6 Å². The molecule has 0 saturated heterocycles. The van der Waals surface area contributed by atoms with E-state index in [-0.39, 0.29) is 11.7 Å². The van der Waals surface area contributed by atoms with E-state index < -0.39 is 0 Å². The van der Waals surface area contributed by atoms with Crippen molar-refractivity contribution in [2.75, 3.05) is 17.7 Å². The van der Waals surface area contributed by atoms with Crippen molar-refractivity contribution in [2.24, 2.45) is 0 Å². The molecule has 3 aromatic carbocycles. The van der Waals surface area contributed by atoms with Gasteiger partial charge in [-0.05, 0) is 85.5 Å². The topological polar surface area (TPSA) is 67.4 Å². The maximum absolute atomic E-state index is 12.5. The van der Waals surface area contributed by atoms with Crippen molar-refractivity contribution in [1.82, 2.24) is 0 Å². The molecule has 0 aliphatic heterocycles. The number of methoxy groups -OCH3 is 1. The van der Waals surface area contributed by atoms with Crippen molar-refractivity contribution in [3.05, 3.63) is 83.4 Å². The predicted molar refractivity (Wildman–Crippen MR) is 119 cm³/mol. The smallest absolute Gasteiger partial charge is 0.255 e. The van der Waals surface area contributed by atoms with E-state index in [4.69, 9.17) is 4.74 Å². The Morgan fingerprint density at radius 1 is 0.867 bits per heavy atom. The van der Waals surface area contributed by atoms with Gasteiger partial charge >= 0.3 is 0 Å². The molecule has 1 amide bonds. The van der Waals surface area contributed by atoms with E-state index in [2.05, 4.69) is 16.7 Å². The van der Waals surface area contributed by atoms with E-state index in [1.807, 2.05) is 36.4 Å². The minimum Gasteiger partial charge on any atom is -0.497 e. The minimum atomic E-state index is -0.182. The number of ketones is 1. The lowest BCUT2D eigenvalue weighted by atomic mass is 10.0. The number of hydrogen-bond acceptors (Lipinski definition) is 4. The first kappa shape index (κ1) is 19.7. The number of carbonyl (C=O) groups excluding carboxylic acids is 2. The molecule has 3 aromatic rings. The SMILES string of the molecule is COc1ccc(C(=O)Nc2cccc(Nc3ccc4c(c3)CCCCC4=O)c2)cc1.